The Morgan fingerprint density at radius 2 is 2.04 bits per heavy atom. The van der Waals surface area contributed by atoms with Gasteiger partial charge in [0.25, 0.3) is 5.91 Å². The number of nitrogens with zero attached hydrogens (tertiary/aromatic N) is 1. The first kappa shape index (κ1) is 20.8. The van der Waals surface area contributed by atoms with E-state index >= 15 is 0 Å². The van der Waals surface area contributed by atoms with Gasteiger partial charge in [0.2, 0.25) is 0 Å². The molecule has 1 aromatic rings. The largest absolute Gasteiger partial charge is 0.454 e. The van der Waals surface area contributed by atoms with E-state index in [-0.39, 0.29) is 24.9 Å². The number of rotatable bonds is 8. The van der Waals surface area contributed by atoms with Gasteiger partial charge in [0, 0.05) is 12.1 Å². The molecule has 0 bridgehead atoms. The lowest BCUT2D eigenvalue weighted by Crippen LogP contribution is -2.47. The summed E-state index contributed by atoms with van der Waals surface area (Å²) in [5.41, 5.74) is 0.151. The summed E-state index contributed by atoms with van der Waals surface area (Å²) in [6.07, 6.45) is 0.743. The fraction of sp³-hybridized carbons (Fsp3) is 0.474. The van der Waals surface area contributed by atoms with Crippen LogP contribution < -0.4 is 0 Å². The zero-order valence-corrected chi connectivity index (χ0v) is 15.3. The van der Waals surface area contributed by atoms with Crippen molar-refractivity contribution in [1.29, 1.82) is 0 Å². The summed E-state index contributed by atoms with van der Waals surface area (Å²) < 4.78 is 23.6. The van der Waals surface area contributed by atoms with Crippen molar-refractivity contribution < 1.29 is 23.5 Å². The average molecular weight is 351 g/mol. The second-order valence-corrected chi connectivity index (χ2v) is 6.65. The molecule has 0 saturated carbocycles. The number of ether oxygens (including phenoxy) is 2. The summed E-state index contributed by atoms with van der Waals surface area (Å²) in [5, 5.41) is 0. The highest BCUT2D eigenvalue weighted by Gasteiger charge is 2.28. The van der Waals surface area contributed by atoms with Crippen LogP contribution in [0.5, 0.6) is 0 Å². The summed E-state index contributed by atoms with van der Waals surface area (Å²) in [4.78, 5) is 25.9. The first-order chi connectivity index (χ1) is 11.6. The topological polar surface area (TPSA) is 55.8 Å². The minimum absolute atomic E-state index is 0.220. The van der Waals surface area contributed by atoms with Gasteiger partial charge in [-0.15, -0.1) is 6.58 Å². The molecule has 138 valence electrons. The maximum absolute atomic E-state index is 13.4. The number of hydrogen-bond acceptors (Lipinski definition) is 4. The van der Waals surface area contributed by atoms with Crippen molar-refractivity contribution in [2.24, 2.45) is 0 Å². The Hall–Kier alpha value is -2.21. The Balaban J connectivity index is 2.71. The SMILES string of the molecule is C=CCOC(C)C(=O)OCC(=O)N(Cc1cccc(F)c1)C(C)(C)C. The van der Waals surface area contributed by atoms with E-state index in [4.69, 9.17) is 9.47 Å². The number of hydrogen-bond donors (Lipinski definition) is 0. The fourth-order valence-corrected chi connectivity index (χ4v) is 2.13. The van der Waals surface area contributed by atoms with Gasteiger partial charge in [0.15, 0.2) is 12.7 Å². The quantitative estimate of drug-likeness (QED) is 0.533. The predicted molar refractivity (Wildman–Crippen MR) is 93.3 cm³/mol. The van der Waals surface area contributed by atoms with Crippen LogP contribution in [-0.2, 0) is 25.6 Å². The first-order valence-electron chi connectivity index (χ1n) is 8.09. The molecule has 1 aromatic carbocycles. The summed E-state index contributed by atoms with van der Waals surface area (Å²) >= 11 is 0. The van der Waals surface area contributed by atoms with Gasteiger partial charge in [0.1, 0.15) is 5.82 Å². The van der Waals surface area contributed by atoms with Gasteiger partial charge < -0.3 is 14.4 Å². The number of carbonyl (C=O) groups excluding carboxylic acids is 2. The van der Waals surface area contributed by atoms with E-state index in [1.807, 2.05) is 20.8 Å². The molecule has 1 rings (SSSR count). The molecule has 0 aromatic heterocycles. The molecule has 6 heteroatoms. The lowest BCUT2D eigenvalue weighted by molar-refractivity contribution is -0.162. The highest BCUT2D eigenvalue weighted by molar-refractivity contribution is 5.82. The van der Waals surface area contributed by atoms with Crippen molar-refractivity contribution >= 4 is 11.9 Å². The molecule has 0 aliphatic carbocycles. The van der Waals surface area contributed by atoms with Crippen LogP contribution in [0.15, 0.2) is 36.9 Å². The monoisotopic (exact) mass is 351 g/mol. The lowest BCUT2D eigenvalue weighted by atomic mass is 10.0. The third kappa shape index (κ3) is 7.05. The van der Waals surface area contributed by atoms with Gasteiger partial charge in [-0.25, -0.2) is 9.18 Å². The van der Waals surface area contributed by atoms with Crippen molar-refractivity contribution in [1.82, 2.24) is 4.90 Å². The van der Waals surface area contributed by atoms with Gasteiger partial charge in [-0.3, -0.25) is 4.79 Å². The number of halogens is 1. The van der Waals surface area contributed by atoms with Crippen molar-refractivity contribution in [2.45, 2.75) is 45.9 Å². The van der Waals surface area contributed by atoms with Gasteiger partial charge in [0.05, 0.1) is 6.61 Å². The highest BCUT2D eigenvalue weighted by Crippen LogP contribution is 2.18. The third-order valence-electron chi connectivity index (χ3n) is 3.47. The molecule has 0 aliphatic rings. The van der Waals surface area contributed by atoms with Crippen molar-refractivity contribution in [3.8, 4) is 0 Å². The molecule has 0 fully saturated rings. The van der Waals surface area contributed by atoms with Crippen LogP contribution in [0.2, 0.25) is 0 Å². The normalized spacial score (nSPS) is 12.4. The van der Waals surface area contributed by atoms with E-state index < -0.39 is 24.2 Å². The van der Waals surface area contributed by atoms with E-state index in [0.717, 1.165) is 0 Å². The zero-order valence-electron chi connectivity index (χ0n) is 15.3. The van der Waals surface area contributed by atoms with Crippen LogP contribution in [0.1, 0.15) is 33.3 Å². The highest BCUT2D eigenvalue weighted by atomic mass is 19.1. The van der Waals surface area contributed by atoms with Crippen molar-refractivity contribution in [3.05, 3.63) is 48.3 Å². The molecule has 0 N–H and O–H groups in total. The van der Waals surface area contributed by atoms with Crippen molar-refractivity contribution in [2.75, 3.05) is 13.2 Å². The molecule has 0 heterocycles. The van der Waals surface area contributed by atoms with Crippen LogP contribution in [0.3, 0.4) is 0 Å². The standard InChI is InChI=1S/C19H26FNO4/c1-6-10-24-14(2)18(23)25-13-17(22)21(19(3,4)5)12-15-8-7-9-16(20)11-15/h6-9,11,14H,1,10,12-13H2,2-5H3. The van der Waals surface area contributed by atoms with E-state index in [1.165, 1.54) is 18.2 Å². The maximum Gasteiger partial charge on any atom is 0.335 e. The minimum Gasteiger partial charge on any atom is -0.454 e. The molecule has 0 radical (unpaired) electrons. The summed E-state index contributed by atoms with van der Waals surface area (Å²) in [5.74, 6) is -1.34. The van der Waals surface area contributed by atoms with E-state index in [2.05, 4.69) is 6.58 Å². The fourth-order valence-electron chi connectivity index (χ4n) is 2.13. The third-order valence-corrected chi connectivity index (χ3v) is 3.47. The molecule has 1 amide bonds. The average Bonchev–Trinajstić information content (AvgIpc) is 2.54. The molecule has 0 saturated heterocycles. The molecule has 5 nitrogen and oxygen atoms in total. The molecular formula is C19H26FNO4. The van der Waals surface area contributed by atoms with Crippen LogP contribution >= 0.6 is 0 Å². The summed E-state index contributed by atoms with van der Waals surface area (Å²) in [6, 6.07) is 6.06. The minimum atomic E-state index is -0.780. The van der Waals surface area contributed by atoms with E-state index in [0.29, 0.717) is 5.56 Å². The Kier molecular flexibility index (Phi) is 7.77. The van der Waals surface area contributed by atoms with Gasteiger partial charge in [-0.05, 0) is 45.4 Å². The van der Waals surface area contributed by atoms with Crippen LogP contribution in [0.4, 0.5) is 4.39 Å². The maximum atomic E-state index is 13.4. The molecule has 25 heavy (non-hydrogen) atoms. The molecule has 1 unspecified atom stereocenters. The Morgan fingerprint density at radius 1 is 1.36 bits per heavy atom. The predicted octanol–water partition coefficient (Wildman–Crippen LogP) is 3.09. The second-order valence-electron chi connectivity index (χ2n) is 6.65. The Labute approximate surface area is 148 Å². The van der Waals surface area contributed by atoms with Gasteiger partial charge in [-0.1, -0.05) is 18.2 Å². The Morgan fingerprint density at radius 3 is 2.60 bits per heavy atom. The molecular weight excluding hydrogens is 325 g/mol. The zero-order chi connectivity index (χ0) is 19.0. The van der Waals surface area contributed by atoms with Crippen LogP contribution in [0, 0.1) is 5.82 Å². The van der Waals surface area contributed by atoms with Gasteiger partial charge >= 0.3 is 5.97 Å². The number of esters is 1. The number of benzene rings is 1. The smallest absolute Gasteiger partial charge is 0.335 e. The summed E-state index contributed by atoms with van der Waals surface area (Å²) in [7, 11) is 0. The van der Waals surface area contributed by atoms with E-state index in [9.17, 15) is 14.0 Å². The second kappa shape index (κ2) is 9.32. The molecule has 0 aliphatic heterocycles. The van der Waals surface area contributed by atoms with Crippen LogP contribution in [0.25, 0.3) is 0 Å². The lowest BCUT2D eigenvalue weighted by Gasteiger charge is -2.35. The number of carbonyl (C=O) groups is 2. The summed E-state index contributed by atoms with van der Waals surface area (Å²) in [6.45, 7) is 10.7. The van der Waals surface area contributed by atoms with E-state index in [1.54, 1.807) is 24.0 Å². The van der Waals surface area contributed by atoms with Crippen molar-refractivity contribution in [3.63, 3.8) is 0 Å². The molecule has 0 spiro atoms. The van der Waals surface area contributed by atoms with Gasteiger partial charge in [-0.2, -0.15) is 0 Å². The first-order valence-corrected chi connectivity index (χ1v) is 8.09. The number of amides is 1. The molecule has 1 atom stereocenters. The Bertz CT molecular complexity index is 610. The van der Waals surface area contributed by atoms with Crippen LogP contribution in [-0.4, -0.2) is 41.6 Å².